The summed E-state index contributed by atoms with van der Waals surface area (Å²) in [5.74, 6) is -0.312. The van der Waals surface area contributed by atoms with Crippen LogP contribution in [-0.4, -0.2) is 21.0 Å². The number of benzene rings is 1. The molecule has 3 rings (SSSR count). The Morgan fingerprint density at radius 2 is 2.04 bits per heavy atom. The zero-order chi connectivity index (χ0) is 17.8. The normalized spacial score (nSPS) is 10.4. The van der Waals surface area contributed by atoms with Gasteiger partial charge >= 0.3 is 5.97 Å². The lowest BCUT2D eigenvalue weighted by Crippen LogP contribution is -2.06. The number of nitrogens with zero attached hydrogens (tertiary/aromatic N) is 3. The Labute approximate surface area is 146 Å². The number of hydrogen-bond donors (Lipinski definition) is 0. The third-order valence-corrected chi connectivity index (χ3v) is 3.56. The number of halogens is 1. The molecule has 9 heteroatoms. The van der Waals surface area contributed by atoms with E-state index < -0.39 is 10.9 Å². The number of pyridine rings is 1. The fraction of sp³-hybridized carbons (Fsp3) is 0.0625. The van der Waals surface area contributed by atoms with Crippen molar-refractivity contribution in [1.82, 2.24) is 10.1 Å². The van der Waals surface area contributed by atoms with Gasteiger partial charge in [0.15, 0.2) is 12.4 Å². The molecule has 1 aromatic carbocycles. The summed E-state index contributed by atoms with van der Waals surface area (Å²) in [7, 11) is 0. The van der Waals surface area contributed by atoms with Crippen LogP contribution < -0.4 is 0 Å². The van der Waals surface area contributed by atoms with Gasteiger partial charge in [-0.2, -0.15) is 0 Å². The maximum Gasteiger partial charge on any atom is 0.341 e. The Balaban J connectivity index is 1.67. The monoisotopic (exact) mass is 359 g/mol. The Kier molecular flexibility index (Phi) is 4.71. The SMILES string of the molecule is O=C(OCc1cc(-c2ccc([N+](=O)[O-])cc2)no1)c1cccnc1Cl. The second-order valence-electron chi connectivity index (χ2n) is 4.90. The number of esters is 1. The number of carbonyl (C=O) groups is 1. The molecule has 0 atom stereocenters. The number of ether oxygens (including phenoxy) is 1. The largest absolute Gasteiger partial charge is 0.454 e. The summed E-state index contributed by atoms with van der Waals surface area (Å²) in [6, 6.07) is 10.5. The van der Waals surface area contributed by atoms with Crippen molar-refractivity contribution in [2.24, 2.45) is 0 Å². The summed E-state index contributed by atoms with van der Waals surface area (Å²) in [6.07, 6.45) is 1.46. The molecule has 0 N–H and O–H groups in total. The fourth-order valence-electron chi connectivity index (χ4n) is 2.02. The van der Waals surface area contributed by atoms with Gasteiger partial charge in [-0.05, 0) is 24.3 Å². The van der Waals surface area contributed by atoms with Crippen molar-refractivity contribution in [2.45, 2.75) is 6.61 Å². The fourth-order valence-corrected chi connectivity index (χ4v) is 2.22. The van der Waals surface area contributed by atoms with Crippen molar-refractivity contribution < 1.29 is 19.0 Å². The smallest absolute Gasteiger partial charge is 0.341 e. The minimum absolute atomic E-state index is 0.0188. The standard InChI is InChI=1S/C16H10ClN3O5/c17-15-13(2-1-7-18-15)16(21)24-9-12-8-14(19-25-12)10-3-5-11(6-4-10)20(22)23/h1-8H,9H2. The van der Waals surface area contributed by atoms with Gasteiger partial charge in [-0.25, -0.2) is 9.78 Å². The zero-order valence-electron chi connectivity index (χ0n) is 12.6. The van der Waals surface area contributed by atoms with E-state index in [-0.39, 0.29) is 23.0 Å². The van der Waals surface area contributed by atoms with Crippen molar-refractivity contribution >= 4 is 23.3 Å². The van der Waals surface area contributed by atoms with Crippen LogP contribution in [0.4, 0.5) is 5.69 Å². The van der Waals surface area contributed by atoms with E-state index in [1.165, 1.54) is 24.4 Å². The van der Waals surface area contributed by atoms with Gasteiger partial charge < -0.3 is 9.26 Å². The number of non-ortho nitro benzene ring substituents is 1. The van der Waals surface area contributed by atoms with Crippen LogP contribution in [0.5, 0.6) is 0 Å². The van der Waals surface area contributed by atoms with E-state index in [4.69, 9.17) is 20.9 Å². The molecule has 0 radical (unpaired) electrons. The third kappa shape index (κ3) is 3.81. The zero-order valence-corrected chi connectivity index (χ0v) is 13.3. The van der Waals surface area contributed by atoms with Gasteiger partial charge in [-0.15, -0.1) is 0 Å². The average Bonchev–Trinajstić information content (AvgIpc) is 3.09. The first kappa shape index (κ1) is 16.6. The molecule has 0 amide bonds. The van der Waals surface area contributed by atoms with Gasteiger partial charge in [0.1, 0.15) is 10.8 Å². The molecule has 0 aliphatic rings. The minimum Gasteiger partial charge on any atom is -0.454 e. The van der Waals surface area contributed by atoms with Crippen molar-refractivity contribution in [1.29, 1.82) is 0 Å². The lowest BCUT2D eigenvalue weighted by atomic mass is 10.1. The van der Waals surface area contributed by atoms with E-state index >= 15 is 0 Å². The first-order valence-electron chi connectivity index (χ1n) is 7.02. The molecule has 0 saturated carbocycles. The van der Waals surface area contributed by atoms with Crippen LogP contribution in [0.3, 0.4) is 0 Å². The Morgan fingerprint density at radius 1 is 1.28 bits per heavy atom. The molecule has 3 aromatic rings. The summed E-state index contributed by atoms with van der Waals surface area (Å²) in [5, 5.41) is 14.6. The topological polar surface area (TPSA) is 108 Å². The third-order valence-electron chi connectivity index (χ3n) is 3.26. The predicted molar refractivity (Wildman–Crippen MR) is 87.0 cm³/mol. The number of carbonyl (C=O) groups excluding carboxylic acids is 1. The molecule has 126 valence electrons. The highest BCUT2D eigenvalue weighted by Crippen LogP contribution is 2.23. The molecular weight excluding hydrogens is 350 g/mol. The number of nitro groups is 1. The summed E-state index contributed by atoms with van der Waals surface area (Å²) in [4.78, 5) is 25.9. The molecule has 0 bridgehead atoms. The van der Waals surface area contributed by atoms with Gasteiger partial charge in [0.05, 0.1) is 10.5 Å². The number of nitro benzene ring substituents is 1. The Morgan fingerprint density at radius 3 is 2.72 bits per heavy atom. The lowest BCUT2D eigenvalue weighted by molar-refractivity contribution is -0.384. The maximum atomic E-state index is 11.9. The van der Waals surface area contributed by atoms with E-state index in [1.54, 1.807) is 24.3 Å². The van der Waals surface area contributed by atoms with Crippen molar-refractivity contribution in [2.75, 3.05) is 0 Å². The van der Waals surface area contributed by atoms with Crippen LogP contribution in [0.15, 0.2) is 53.2 Å². The first-order valence-corrected chi connectivity index (χ1v) is 7.40. The van der Waals surface area contributed by atoms with Gasteiger partial charge in [0, 0.05) is 30.0 Å². The summed E-state index contributed by atoms with van der Waals surface area (Å²) in [5.41, 5.74) is 1.25. The van der Waals surface area contributed by atoms with Crippen molar-refractivity contribution in [3.05, 3.63) is 75.3 Å². The van der Waals surface area contributed by atoms with E-state index in [9.17, 15) is 14.9 Å². The van der Waals surface area contributed by atoms with Crippen LogP contribution in [0.25, 0.3) is 11.3 Å². The van der Waals surface area contributed by atoms with Crippen LogP contribution in [-0.2, 0) is 11.3 Å². The quantitative estimate of drug-likeness (QED) is 0.296. The molecule has 0 fully saturated rings. The van der Waals surface area contributed by atoms with Crippen LogP contribution in [0, 0.1) is 10.1 Å². The molecule has 2 aromatic heterocycles. The molecule has 8 nitrogen and oxygen atoms in total. The molecular formula is C16H10ClN3O5. The molecule has 0 spiro atoms. The number of aromatic nitrogens is 2. The highest BCUT2D eigenvalue weighted by atomic mass is 35.5. The highest BCUT2D eigenvalue weighted by Gasteiger charge is 2.14. The van der Waals surface area contributed by atoms with E-state index in [2.05, 4.69) is 10.1 Å². The predicted octanol–water partition coefficient (Wildman–Crippen LogP) is 3.66. The molecule has 0 saturated heterocycles. The number of rotatable bonds is 5. The van der Waals surface area contributed by atoms with Crippen LogP contribution in [0.2, 0.25) is 5.15 Å². The Bertz CT molecular complexity index is 924. The second kappa shape index (κ2) is 7.10. The van der Waals surface area contributed by atoms with Crippen LogP contribution in [0.1, 0.15) is 16.1 Å². The average molecular weight is 360 g/mol. The van der Waals surface area contributed by atoms with E-state index in [1.807, 2.05) is 0 Å². The van der Waals surface area contributed by atoms with E-state index in [0.29, 0.717) is 17.0 Å². The summed E-state index contributed by atoms with van der Waals surface area (Å²) < 4.78 is 10.2. The minimum atomic E-state index is -0.633. The van der Waals surface area contributed by atoms with Gasteiger partial charge in [0.25, 0.3) is 5.69 Å². The van der Waals surface area contributed by atoms with Gasteiger partial charge in [-0.1, -0.05) is 16.8 Å². The molecule has 0 aliphatic carbocycles. The molecule has 25 heavy (non-hydrogen) atoms. The first-order chi connectivity index (χ1) is 12.0. The highest BCUT2D eigenvalue weighted by molar-refractivity contribution is 6.32. The molecule has 2 heterocycles. The molecule has 0 aliphatic heterocycles. The van der Waals surface area contributed by atoms with Crippen molar-refractivity contribution in [3.63, 3.8) is 0 Å². The summed E-state index contributed by atoms with van der Waals surface area (Å²) >= 11 is 5.82. The molecule has 0 unspecified atom stereocenters. The van der Waals surface area contributed by atoms with Gasteiger partial charge in [0.2, 0.25) is 0 Å². The Hall–Kier alpha value is -3.26. The second-order valence-corrected chi connectivity index (χ2v) is 5.26. The number of hydrogen-bond acceptors (Lipinski definition) is 7. The maximum absolute atomic E-state index is 11.9. The summed E-state index contributed by atoms with van der Waals surface area (Å²) in [6.45, 7) is -0.135. The lowest BCUT2D eigenvalue weighted by Gasteiger charge is -2.02. The van der Waals surface area contributed by atoms with Gasteiger partial charge in [-0.3, -0.25) is 10.1 Å². The van der Waals surface area contributed by atoms with Crippen LogP contribution >= 0.6 is 11.6 Å². The van der Waals surface area contributed by atoms with E-state index in [0.717, 1.165) is 0 Å². The van der Waals surface area contributed by atoms with Crippen molar-refractivity contribution in [3.8, 4) is 11.3 Å².